The first kappa shape index (κ1) is 23.4. The summed E-state index contributed by atoms with van der Waals surface area (Å²) in [5, 5.41) is 22.1. The predicted molar refractivity (Wildman–Crippen MR) is 145 cm³/mol. The Labute approximate surface area is 216 Å². The Morgan fingerprint density at radius 2 is 1.89 bits per heavy atom. The predicted octanol–water partition coefficient (Wildman–Crippen LogP) is 6.42. The van der Waals surface area contributed by atoms with Gasteiger partial charge in [0, 0.05) is 41.2 Å². The lowest BCUT2D eigenvalue weighted by Crippen LogP contribution is -2.10. The van der Waals surface area contributed by atoms with Crippen LogP contribution < -0.4 is 5.32 Å². The number of H-pyrrole nitrogens is 2. The van der Waals surface area contributed by atoms with Crippen molar-refractivity contribution in [2.75, 3.05) is 5.32 Å². The number of carbonyl (C=O) groups excluding carboxylic acids is 1. The van der Waals surface area contributed by atoms with Gasteiger partial charge >= 0.3 is 0 Å². The van der Waals surface area contributed by atoms with E-state index >= 15 is 0 Å². The summed E-state index contributed by atoms with van der Waals surface area (Å²) in [6.45, 7) is 1.96. The average molecular weight is 507 g/mol. The summed E-state index contributed by atoms with van der Waals surface area (Å²) in [6.07, 6.45) is 6.25. The van der Waals surface area contributed by atoms with Gasteiger partial charge in [0.15, 0.2) is 0 Å². The second-order valence-corrected chi connectivity index (χ2v) is 9.09. The number of aromatic hydroxyl groups is 1. The molecule has 4 aromatic heterocycles. The van der Waals surface area contributed by atoms with E-state index in [0.29, 0.717) is 29.0 Å². The molecule has 6 aromatic rings. The Morgan fingerprint density at radius 3 is 2.74 bits per heavy atom. The van der Waals surface area contributed by atoms with E-state index in [1.165, 1.54) is 12.1 Å². The second-order valence-electron chi connectivity index (χ2n) is 9.09. The standard InChI is InChI=1S/C29H23FN6O2/c1-2-3-27(38)33-20-9-18(14-31-15-20)16-4-5-25-24(11-16)28(36-35-25)26-13-23-22(6-7-32-29(23)34-26)17-8-19(30)12-21(37)10-17/h4-15,37H,2-3H2,1H3,(H,32,34)(H,33,38)(H,35,36). The highest BCUT2D eigenvalue weighted by molar-refractivity contribution is 6.01. The molecule has 0 saturated carbocycles. The van der Waals surface area contributed by atoms with E-state index in [4.69, 9.17) is 0 Å². The van der Waals surface area contributed by atoms with Crippen LogP contribution in [-0.2, 0) is 4.79 Å². The van der Waals surface area contributed by atoms with Crippen molar-refractivity contribution >= 4 is 33.5 Å². The first-order valence-electron chi connectivity index (χ1n) is 12.2. The van der Waals surface area contributed by atoms with Gasteiger partial charge in [-0.2, -0.15) is 5.10 Å². The zero-order valence-electron chi connectivity index (χ0n) is 20.4. The number of carbonyl (C=O) groups is 1. The van der Waals surface area contributed by atoms with Crippen molar-refractivity contribution in [2.24, 2.45) is 0 Å². The number of halogens is 1. The number of anilines is 1. The molecule has 0 unspecified atom stereocenters. The number of hydrogen-bond acceptors (Lipinski definition) is 5. The maximum Gasteiger partial charge on any atom is 0.224 e. The summed E-state index contributed by atoms with van der Waals surface area (Å²) in [5.41, 5.74) is 6.62. The molecule has 4 heterocycles. The minimum atomic E-state index is -0.518. The molecule has 0 aliphatic rings. The molecule has 0 saturated heterocycles. The van der Waals surface area contributed by atoms with Gasteiger partial charge in [0.2, 0.25) is 5.91 Å². The Morgan fingerprint density at radius 1 is 1.00 bits per heavy atom. The van der Waals surface area contributed by atoms with Crippen molar-refractivity contribution in [2.45, 2.75) is 19.8 Å². The highest BCUT2D eigenvalue weighted by Gasteiger charge is 2.16. The molecule has 4 N–H and O–H groups in total. The Bertz CT molecular complexity index is 1800. The van der Waals surface area contributed by atoms with E-state index in [9.17, 15) is 14.3 Å². The number of aromatic amines is 2. The third kappa shape index (κ3) is 4.34. The highest BCUT2D eigenvalue weighted by atomic mass is 19.1. The maximum atomic E-state index is 14.0. The number of nitrogens with one attached hydrogen (secondary N) is 3. The molecule has 0 atom stereocenters. The van der Waals surface area contributed by atoms with Crippen LogP contribution in [-0.4, -0.2) is 36.2 Å². The minimum absolute atomic E-state index is 0.0423. The van der Waals surface area contributed by atoms with Crippen LogP contribution in [0.3, 0.4) is 0 Å². The van der Waals surface area contributed by atoms with Crippen LogP contribution in [0.15, 0.2) is 73.2 Å². The fraction of sp³-hybridized carbons (Fsp3) is 0.103. The highest BCUT2D eigenvalue weighted by Crippen LogP contribution is 2.35. The van der Waals surface area contributed by atoms with Gasteiger partial charge in [-0.05, 0) is 65.6 Å². The number of benzene rings is 2. The maximum absolute atomic E-state index is 14.0. The van der Waals surface area contributed by atoms with Crippen molar-refractivity contribution < 1.29 is 14.3 Å². The van der Waals surface area contributed by atoms with E-state index in [-0.39, 0.29) is 11.7 Å². The second kappa shape index (κ2) is 9.44. The zero-order chi connectivity index (χ0) is 26.2. The summed E-state index contributed by atoms with van der Waals surface area (Å²) in [7, 11) is 0. The van der Waals surface area contributed by atoms with Gasteiger partial charge < -0.3 is 15.4 Å². The molecule has 0 spiro atoms. The van der Waals surface area contributed by atoms with Crippen molar-refractivity contribution in [1.82, 2.24) is 25.1 Å². The fourth-order valence-electron chi connectivity index (χ4n) is 4.65. The molecular weight excluding hydrogens is 483 g/mol. The minimum Gasteiger partial charge on any atom is -0.508 e. The van der Waals surface area contributed by atoms with E-state index < -0.39 is 5.82 Å². The summed E-state index contributed by atoms with van der Waals surface area (Å²) in [6, 6.07) is 15.5. The molecule has 0 aliphatic heterocycles. The van der Waals surface area contributed by atoms with Crippen LogP contribution in [0.25, 0.3) is 55.6 Å². The van der Waals surface area contributed by atoms with Crippen LogP contribution in [0, 0.1) is 5.82 Å². The van der Waals surface area contributed by atoms with Gasteiger partial charge in [-0.1, -0.05) is 13.0 Å². The zero-order valence-corrected chi connectivity index (χ0v) is 20.4. The quantitative estimate of drug-likeness (QED) is 0.208. The van der Waals surface area contributed by atoms with Crippen molar-refractivity contribution in [3.05, 3.63) is 79.0 Å². The Balaban J connectivity index is 1.41. The van der Waals surface area contributed by atoms with Crippen LogP contribution in [0.5, 0.6) is 5.75 Å². The van der Waals surface area contributed by atoms with Gasteiger partial charge in [0.25, 0.3) is 0 Å². The molecular formula is C29H23FN6O2. The lowest BCUT2D eigenvalue weighted by molar-refractivity contribution is -0.116. The molecule has 1 amide bonds. The Hall–Kier alpha value is -5.05. The largest absolute Gasteiger partial charge is 0.508 e. The normalized spacial score (nSPS) is 11.3. The third-order valence-corrected chi connectivity index (χ3v) is 6.38. The van der Waals surface area contributed by atoms with Crippen LogP contribution in [0.2, 0.25) is 0 Å². The number of phenolic OH excluding ortho intramolecular Hbond substituents is 1. The molecule has 9 heteroatoms. The number of aromatic nitrogens is 5. The molecule has 38 heavy (non-hydrogen) atoms. The summed E-state index contributed by atoms with van der Waals surface area (Å²) in [4.78, 5) is 24.1. The topological polar surface area (TPSA) is 120 Å². The van der Waals surface area contributed by atoms with Gasteiger partial charge in [-0.25, -0.2) is 9.37 Å². The monoisotopic (exact) mass is 506 g/mol. The molecule has 2 aromatic carbocycles. The number of phenols is 1. The smallest absolute Gasteiger partial charge is 0.224 e. The Kier molecular flexibility index (Phi) is 5.80. The van der Waals surface area contributed by atoms with Gasteiger partial charge in [-0.15, -0.1) is 0 Å². The van der Waals surface area contributed by atoms with Crippen LogP contribution >= 0.6 is 0 Å². The number of pyridine rings is 2. The molecule has 0 bridgehead atoms. The summed E-state index contributed by atoms with van der Waals surface area (Å²) in [5.74, 6) is -0.704. The van der Waals surface area contributed by atoms with E-state index in [1.54, 1.807) is 24.7 Å². The third-order valence-electron chi connectivity index (χ3n) is 6.38. The van der Waals surface area contributed by atoms with Crippen LogP contribution in [0.4, 0.5) is 10.1 Å². The van der Waals surface area contributed by atoms with Gasteiger partial charge in [0.1, 0.15) is 22.9 Å². The number of hydrogen-bond donors (Lipinski definition) is 4. The number of rotatable bonds is 6. The number of nitrogens with zero attached hydrogens (tertiary/aromatic N) is 3. The number of amides is 1. The van der Waals surface area contributed by atoms with E-state index in [0.717, 1.165) is 51.2 Å². The molecule has 0 aliphatic carbocycles. The molecule has 6 rings (SSSR count). The van der Waals surface area contributed by atoms with Gasteiger partial charge in [-0.3, -0.25) is 14.9 Å². The number of fused-ring (bicyclic) bond motifs is 2. The summed E-state index contributed by atoms with van der Waals surface area (Å²) >= 11 is 0. The van der Waals surface area contributed by atoms with E-state index in [2.05, 4.69) is 30.5 Å². The van der Waals surface area contributed by atoms with Crippen LogP contribution in [0.1, 0.15) is 19.8 Å². The lowest BCUT2D eigenvalue weighted by Gasteiger charge is -2.07. The first-order chi connectivity index (χ1) is 18.5. The summed E-state index contributed by atoms with van der Waals surface area (Å²) < 4.78 is 14.0. The molecule has 188 valence electrons. The molecule has 0 fully saturated rings. The van der Waals surface area contributed by atoms with Crippen molar-refractivity contribution in [1.29, 1.82) is 0 Å². The fourth-order valence-corrected chi connectivity index (χ4v) is 4.65. The SMILES string of the molecule is CCCC(=O)Nc1cncc(-c2ccc3[nH]nc(-c4cc5c(-c6cc(O)cc(F)c6)ccnc5[nH]4)c3c2)c1. The van der Waals surface area contributed by atoms with Crippen molar-refractivity contribution in [3.63, 3.8) is 0 Å². The first-order valence-corrected chi connectivity index (χ1v) is 12.2. The van der Waals surface area contributed by atoms with Crippen molar-refractivity contribution in [3.8, 4) is 39.4 Å². The lowest BCUT2D eigenvalue weighted by atomic mass is 10.0. The van der Waals surface area contributed by atoms with Gasteiger partial charge in [0.05, 0.1) is 23.1 Å². The molecule has 8 nitrogen and oxygen atoms in total. The molecule has 0 radical (unpaired) electrons. The van der Waals surface area contributed by atoms with E-state index in [1.807, 2.05) is 37.3 Å². The average Bonchev–Trinajstić information content (AvgIpc) is 3.52.